The van der Waals surface area contributed by atoms with E-state index in [0.29, 0.717) is 0 Å². The third-order valence-electron chi connectivity index (χ3n) is 22.6. The third-order valence-corrected chi connectivity index (χ3v) is 22.6. The number of rotatable bonds is 12. The molecule has 0 aliphatic heterocycles. The molecule has 0 fully saturated rings. The van der Waals surface area contributed by atoms with Crippen molar-refractivity contribution in [2.45, 2.75) is 5.41 Å². The zero-order valence-electron chi connectivity index (χ0n) is 59.1. The number of H-pyrrole nitrogens is 4. The Morgan fingerprint density at radius 1 is 0.202 bits per heavy atom. The fraction of sp³-hybridized carbons (Fsp3) is 0.00952. The first kappa shape index (κ1) is 63.6. The molecule has 0 saturated heterocycles. The largest absolute Gasteiger partial charge is 0.362 e. The van der Waals surface area contributed by atoms with Crippen LogP contribution in [0.4, 0.5) is 0 Å². The van der Waals surface area contributed by atoms with Crippen LogP contribution in [0, 0.1) is 49.4 Å². The molecule has 20 rings (SSSR count). The Morgan fingerprint density at radius 2 is 0.394 bits per heavy atom. The minimum Gasteiger partial charge on any atom is -0.362 e. The molecule has 0 radical (unpaired) electrons. The Kier molecular flexibility index (Phi) is 15.0. The van der Waals surface area contributed by atoms with Crippen LogP contribution in [0.25, 0.3) is 136 Å². The molecule has 16 aromatic rings. The Morgan fingerprint density at radius 3 is 0.587 bits per heavy atom. The van der Waals surface area contributed by atoms with Gasteiger partial charge in [0.15, 0.2) is 0 Å². The van der Waals surface area contributed by atoms with Gasteiger partial charge in [-0.25, -0.2) is 0 Å². The predicted molar refractivity (Wildman–Crippen MR) is 451 cm³/mol. The molecule has 4 heterocycles. The van der Waals surface area contributed by atoms with Gasteiger partial charge >= 0.3 is 0 Å². The minimum absolute atomic E-state index is 0.849. The van der Waals surface area contributed by atoms with Gasteiger partial charge in [0.2, 0.25) is 0 Å². The Hall–Kier alpha value is -15.0. The van der Waals surface area contributed by atoms with E-state index in [1.54, 1.807) is 0 Å². The molecule has 504 valence electrons. The molecule has 4 N–H and O–H groups in total. The fourth-order valence-electron chi connectivity index (χ4n) is 17.3. The van der Waals surface area contributed by atoms with E-state index in [4.69, 9.17) is 25.7 Å². The van der Waals surface area contributed by atoms with Crippen LogP contribution >= 0.6 is 0 Å². The van der Waals surface area contributed by atoms with Crippen LogP contribution in [-0.2, 0) is 5.41 Å². The lowest BCUT2D eigenvalue weighted by Gasteiger charge is -2.37. The summed E-state index contributed by atoms with van der Waals surface area (Å²) in [5, 5.41) is 0. The molecule has 0 atom stereocenters. The van der Waals surface area contributed by atoms with Gasteiger partial charge in [0.25, 0.3) is 0 Å². The van der Waals surface area contributed by atoms with Crippen LogP contribution < -0.4 is 0 Å². The van der Waals surface area contributed by atoms with Gasteiger partial charge in [-0.15, -0.1) is 25.7 Å². The highest BCUT2D eigenvalue weighted by Crippen LogP contribution is 2.54. The summed E-state index contributed by atoms with van der Waals surface area (Å²) in [6.45, 7) is 0. The lowest BCUT2D eigenvalue weighted by atomic mass is 9.64. The summed E-state index contributed by atoms with van der Waals surface area (Å²) in [6, 6.07) is 107. The zero-order valence-corrected chi connectivity index (χ0v) is 59.1. The van der Waals surface area contributed by atoms with Gasteiger partial charge in [0.05, 0.1) is 5.41 Å². The molecule has 4 nitrogen and oxygen atoms in total. The molecular formula is C105H64N4. The summed E-state index contributed by atoms with van der Waals surface area (Å²) in [7, 11) is 0. The maximum absolute atomic E-state index is 6.05. The molecule has 12 aromatic carbocycles. The highest BCUT2D eigenvalue weighted by molar-refractivity contribution is 6.11. The molecule has 0 unspecified atom stereocenters. The van der Waals surface area contributed by atoms with E-state index in [0.717, 1.165) is 179 Å². The monoisotopic (exact) mass is 1380 g/mol. The van der Waals surface area contributed by atoms with E-state index in [1.807, 2.05) is 73.3 Å². The highest BCUT2D eigenvalue weighted by Gasteiger charge is 2.40. The van der Waals surface area contributed by atoms with Crippen molar-refractivity contribution < 1.29 is 0 Å². The van der Waals surface area contributed by atoms with E-state index >= 15 is 0 Å². The van der Waals surface area contributed by atoms with Crippen LogP contribution in [-0.4, -0.2) is 19.9 Å². The van der Waals surface area contributed by atoms with Crippen molar-refractivity contribution in [2.24, 2.45) is 0 Å². The fourth-order valence-corrected chi connectivity index (χ4v) is 17.3. The average molecular weight is 1380 g/mol. The Balaban J connectivity index is 0.759. The molecule has 4 aliphatic carbocycles. The SMILES string of the molecule is C#Cc1ccc2c(c1)/C(=C\c1ccc[nH]1)c1cc(-c3ccc(C(c4ccc(-c5ccc6c(c5)/C(=C/c5ccc[nH]5)c5cc(C#C)ccc5-6)cc4)(c4ccc(-c5ccc6c(c5)/C(=C/c5ccc[nH]5)c5cc(C#C)ccc5-6)cc4)c4ccc(-c5ccc6c(c5)/C(=C/c5ccc[nH]5)c5cc(C#C)ccc5-6)cc4)cc3)ccc1-2. The second-order valence-corrected chi connectivity index (χ2v) is 28.5. The quantitative estimate of drug-likeness (QED) is 0.0696. The summed E-state index contributed by atoms with van der Waals surface area (Å²) in [5.74, 6) is 11.6. The first-order valence-electron chi connectivity index (χ1n) is 36.6. The van der Waals surface area contributed by atoms with Gasteiger partial charge in [0.1, 0.15) is 0 Å². The van der Waals surface area contributed by atoms with Gasteiger partial charge < -0.3 is 19.9 Å². The van der Waals surface area contributed by atoms with Crippen molar-refractivity contribution in [1.82, 2.24) is 19.9 Å². The van der Waals surface area contributed by atoms with Crippen LogP contribution in [0.1, 0.15) is 112 Å². The molecule has 0 saturated carbocycles. The van der Waals surface area contributed by atoms with Crippen molar-refractivity contribution in [1.29, 1.82) is 0 Å². The molecule has 4 aromatic heterocycles. The van der Waals surface area contributed by atoms with E-state index < -0.39 is 5.41 Å². The van der Waals surface area contributed by atoms with Crippen LogP contribution in [0.2, 0.25) is 0 Å². The van der Waals surface area contributed by atoms with Gasteiger partial charge in [0, 0.05) is 69.8 Å². The first-order valence-corrected chi connectivity index (χ1v) is 36.6. The van der Waals surface area contributed by atoms with Crippen LogP contribution in [0.5, 0.6) is 0 Å². The number of hydrogen-bond donors (Lipinski definition) is 4. The Labute approximate surface area is 634 Å². The van der Waals surface area contributed by atoms with E-state index in [-0.39, 0.29) is 0 Å². The first-order chi connectivity index (χ1) is 53.7. The second kappa shape index (κ2) is 25.7. The standard InChI is InChI=1S/C105H64N4/c1-5-65-17-41-85-89-45-29-73(57-97(89)101(93(85)53-65)61-81-13-9-49-106-81)69-21-33-77(34-22-69)105(78-35-23-70(24-36-78)74-30-46-90-86-42-18-66(6-2)54-94(86)102(98(90)58-74)62-82-14-10-50-107-82,79-37-25-71(26-38-79)75-31-47-91-87-43-19-67(7-3)55-95(87)103(99(91)59-75)63-83-15-11-51-108-83)80-39-27-72(28-40-80)76-32-48-92-88-44-20-68(8-4)56-96(88)104(100(92)60-76)64-84-16-12-52-109-84/h1-4,9-64,106-109H/b101-61+,102-62+,103-63+,104-64+. The second-order valence-electron chi connectivity index (χ2n) is 28.5. The van der Waals surface area contributed by atoms with E-state index in [1.165, 1.54) is 44.5 Å². The lowest BCUT2D eigenvalue weighted by molar-refractivity contribution is 0.745. The van der Waals surface area contributed by atoms with Crippen molar-refractivity contribution in [3.8, 4) is 138 Å². The third kappa shape index (κ3) is 10.6. The highest BCUT2D eigenvalue weighted by atomic mass is 14.7. The molecule has 109 heavy (non-hydrogen) atoms. The number of nitrogens with one attached hydrogen (secondary N) is 4. The number of hydrogen-bond acceptors (Lipinski definition) is 0. The molecule has 4 heteroatoms. The minimum atomic E-state index is -0.894. The van der Waals surface area contributed by atoms with Crippen molar-refractivity contribution >= 4 is 46.6 Å². The maximum Gasteiger partial charge on any atom is 0.0701 e. The molecule has 4 aliphatic rings. The summed E-state index contributed by atoms with van der Waals surface area (Å²) >= 11 is 0. The number of benzene rings is 12. The molecule has 0 spiro atoms. The van der Waals surface area contributed by atoms with Gasteiger partial charge in [-0.05, 0) is 324 Å². The van der Waals surface area contributed by atoms with Crippen molar-refractivity contribution in [2.75, 3.05) is 0 Å². The molecule has 0 amide bonds. The zero-order chi connectivity index (χ0) is 72.8. The summed E-state index contributed by atoms with van der Waals surface area (Å²) < 4.78 is 0. The van der Waals surface area contributed by atoms with Crippen molar-refractivity contribution in [3.63, 3.8) is 0 Å². The molecule has 0 bridgehead atoms. The van der Waals surface area contributed by atoms with Crippen molar-refractivity contribution in [3.05, 3.63) is 428 Å². The normalized spacial score (nSPS) is 13.9. The summed E-state index contributed by atoms with van der Waals surface area (Å²) in [5.41, 5.74) is 42.9. The van der Waals surface area contributed by atoms with Crippen LogP contribution in [0.3, 0.4) is 0 Å². The number of terminal acetylenes is 4. The lowest BCUT2D eigenvalue weighted by Crippen LogP contribution is -2.31. The number of aromatic amines is 4. The van der Waals surface area contributed by atoms with Gasteiger partial charge in [-0.3, -0.25) is 0 Å². The topological polar surface area (TPSA) is 63.2 Å². The van der Waals surface area contributed by atoms with E-state index in [2.05, 4.69) is 311 Å². The smallest absolute Gasteiger partial charge is 0.0701 e. The summed E-state index contributed by atoms with van der Waals surface area (Å²) in [6.07, 6.45) is 41.0. The molecular weight excluding hydrogens is 1320 g/mol. The van der Waals surface area contributed by atoms with Crippen LogP contribution in [0.15, 0.2) is 316 Å². The predicted octanol–water partition coefficient (Wildman–Crippen LogP) is 24.3. The number of aromatic nitrogens is 4. The summed E-state index contributed by atoms with van der Waals surface area (Å²) in [4.78, 5) is 13.7. The Bertz CT molecular complexity index is 5900. The van der Waals surface area contributed by atoms with Gasteiger partial charge in [-0.2, -0.15) is 0 Å². The van der Waals surface area contributed by atoms with Gasteiger partial charge in [-0.1, -0.05) is 194 Å². The maximum atomic E-state index is 6.05. The average Bonchev–Trinajstić information content (AvgIpc) is 1.65. The van der Waals surface area contributed by atoms with E-state index in [9.17, 15) is 0 Å². The number of fused-ring (bicyclic) bond motifs is 12.